The van der Waals surface area contributed by atoms with Gasteiger partial charge in [-0.3, -0.25) is 0 Å². The number of oxime groups is 1. The normalized spacial score (nSPS) is 17.3. The number of nitrogens with zero attached hydrogens (tertiary/aromatic N) is 1. The summed E-state index contributed by atoms with van der Waals surface area (Å²) in [5.74, 6) is 0. The molecule has 1 aliphatic rings. The third-order valence-electron chi connectivity index (χ3n) is 4.17. The molecular formula is C19H19F3N2O. The van der Waals surface area contributed by atoms with E-state index in [2.05, 4.69) is 10.5 Å². The number of aryl methyl sites for hydroxylation is 1. The third-order valence-corrected chi connectivity index (χ3v) is 4.17. The molecule has 132 valence electrons. The highest BCUT2D eigenvalue weighted by molar-refractivity contribution is 6.02. The van der Waals surface area contributed by atoms with Gasteiger partial charge in [0.1, 0.15) is 6.10 Å². The predicted molar refractivity (Wildman–Crippen MR) is 90.4 cm³/mol. The number of hydrogen-bond donors (Lipinski definition) is 1. The van der Waals surface area contributed by atoms with Gasteiger partial charge in [0, 0.05) is 25.1 Å². The van der Waals surface area contributed by atoms with Crippen molar-refractivity contribution in [1.82, 2.24) is 5.32 Å². The van der Waals surface area contributed by atoms with Crippen LogP contribution in [0.15, 0.2) is 53.7 Å². The Balaban J connectivity index is 1.47. The second-order valence-electron chi connectivity index (χ2n) is 6.11. The molecule has 0 aromatic heterocycles. The molecule has 0 saturated heterocycles. The minimum Gasteiger partial charge on any atom is -0.390 e. The molecular weight excluding hydrogens is 329 g/mol. The van der Waals surface area contributed by atoms with E-state index < -0.39 is 11.7 Å². The Kier molecular flexibility index (Phi) is 5.08. The third kappa shape index (κ3) is 4.39. The van der Waals surface area contributed by atoms with Gasteiger partial charge < -0.3 is 10.2 Å². The number of benzene rings is 2. The van der Waals surface area contributed by atoms with Crippen LogP contribution in [0.25, 0.3) is 0 Å². The standard InChI is InChI=1S/C19H19F3N2O/c1-13-4-2-3-5-17(13)18-10-16(25-24-18)12-23-11-14-6-8-15(9-7-14)19(20,21)22/h2-9,16,23H,10-12H2,1H3/t16-/m1/s1. The summed E-state index contributed by atoms with van der Waals surface area (Å²) in [4.78, 5) is 5.45. The first kappa shape index (κ1) is 17.5. The van der Waals surface area contributed by atoms with Crippen molar-refractivity contribution >= 4 is 5.71 Å². The first-order valence-electron chi connectivity index (χ1n) is 8.09. The van der Waals surface area contributed by atoms with E-state index in [9.17, 15) is 13.2 Å². The summed E-state index contributed by atoms with van der Waals surface area (Å²) in [5.41, 5.74) is 3.34. The van der Waals surface area contributed by atoms with Crippen molar-refractivity contribution in [3.05, 3.63) is 70.8 Å². The van der Waals surface area contributed by atoms with Crippen LogP contribution in [-0.2, 0) is 17.6 Å². The largest absolute Gasteiger partial charge is 0.416 e. The highest BCUT2D eigenvalue weighted by Crippen LogP contribution is 2.29. The Bertz CT molecular complexity index is 754. The fraction of sp³-hybridized carbons (Fsp3) is 0.316. The predicted octanol–water partition coefficient (Wildman–Crippen LogP) is 4.30. The van der Waals surface area contributed by atoms with Gasteiger partial charge in [-0.15, -0.1) is 0 Å². The molecule has 0 amide bonds. The van der Waals surface area contributed by atoms with E-state index in [-0.39, 0.29) is 6.10 Å². The van der Waals surface area contributed by atoms with Crippen molar-refractivity contribution in [2.45, 2.75) is 32.2 Å². The zero-order chi connectivity index (χ0) is 17.9. The Labute approximate surface area is 144 Å². The van der Waals surface area contributed by atoms with Crippen LogP contribution in [0.4, 0.5) is 13.2 Å². The van der Waals surface area contributed by atoms with Crippen molar-refractivity contribution < 1.29 is 18.0 Å². The molecule has 0 bridgehead atoms. The fourth-order valence-corrected chi connectivity index (χ4v) is 2.78. The second-order valence-corrected chi connectivity index (χ2v) is 6.11. The number of alkyl halides is 3. The molecule has 1 N–H and O–H groups in total. The van der Waals surface area contributed by atoms with Gasteiger partial charge in [-0.1, -0.05) is 41.6 Å². The van der Waals surface area contributed by atoms with Gasteiger partial charge in [-0.2, -0.15) is 13.2 Å². The zero-order valence-corrected chi connectivity index (χ0v) is 13.8. The van der Waals surface area contributed by atoms with E-state index in [1.54, 1.807) is 0 Å². The number of nitrogens with one attached hydrogen (secondary N) is 1. The molecule has 1 atom stereocenters. The van der Waals surface area contributed by atoms with E-state index in [1.165, 1.54) is 12.1 Å². The van der Waals surface area contributed by atoms with Crippen molar-refractivity contribution in [2.75, 3.05) is 6.54 Å². The smallest absolute Gasteiger partial charge is 0.390 e. The maximum atomic E-state index is 12.5. The molecule has 1 aliphatic heterocycles. The monoisotopic (exact) mass is 348 g/mol. The molecule has 0 spiro atoms. The van der Waals surface area contributed by atoms with Gasteiger partial charge in [0.15, 0.2) is 0 Å². The minimum absolute atomic E-state index is 0.0657. The van der Waals surface area contributed by atoms with Crippen LogP contribution in [0, 0.1) is 6.92 Å². The van der Waals surface area contributed by atoms with Crippen LogP contribution < -0.4 is 5.32 Å². The van der Waals surface area contributed by atoms with Crippen LogP contribution in [0.3, 0.4) is 0 Å². The van der Waals surface area contributed by atoms with Crippen LogP contribution in [0.1, 0.15) is 28.7 Å². The summed E-state index contributed by atoms with van der Waals surface area (Å²) < 4.78 is 37.6. The minimum atomic E-state index is -4.30. The summed E-state index contributed by atoms with van der Waals surface area (Å²) in [6, 6.07) is 13.2. The fourth-order valence-electron chi connectivity index (χ4n) is 2.78. The molecule has 0 unspecified atom stereocenters. The molecule has 0 radical (unpaired) electrons. The Morgan fingerprint density at radius 3 is 2.52 bits per heavy atom. The van der Waals surface area contributed by atoms with Gasteiger partial charge in [0.2, 0.25) is 0 Å². The molecule has 3 nitrogen and oxygen atoms in total. The maximum Gasteiger partial charge on any atom is 0.416 e. The van der Waals surface area contributed by atoms with E-state index >= 15 is 0 Å². The van der Waals surface area contributed by atoms with Crippen molar-refractivity contribution in [3.8, 4) is 0 Å². The highest BCUT2D eigenvalue weighted by Gasteiger charge is 2.30. The molecule has 0 fully saturated rings. The lowest BCUT2D eigenvalue weighted by Crippen LogP contribution is -2.26. The highest BCUT2D eigenvalue weighted by atomic mass is 19.4. The van der Waals surface area contributed by atoms with E-state index in [0.29, 0.717) is 19.5 Å². The van der Waals surface area contributed by atoms with E-state index in [4.69, 9.17) is 4.84 Å². The van der Waals surface area contributed by atoms with Crippen molar-refractivity contribution in [1.29, 1.82) is 0 Å². The lowest BCUT2D eigenvalue weighted by atomic mass is 10.0. The Hall–Kier alpha value is -2.34. The first-order valence-corrected chi connectivity index (χ1v) is 8.09. The van der Waals surface area contributed by atoms with Crippen LogP contribution in [0.2, 0.25) is 0 Å². The average Bonchev–Trinajstić information content (AvgIpc) is 3.03. The molecule has 3 rings (SSSR count). The number of halogens is 3. The van der Waals surface area contributed by atoms with Gasteiger partial charge in [-0.05, 0) is 30.2 Å². The number of rotatable bonds is 5. The van der Waals surface area contributed by atoms with Crippen LogP contribution in [0.5, 0.6) is 0 Å². The molecule has 25 heavy (non-hydrogen) atoms. The first-order chi connectivity index (χ1) is 11.9. The zero-order valence-electron chi connectivity index (χ0n) is 13.8. The van der Waals surface area contributed by atoms with Gasteiger partial charge >= 0.3 is 6.18 Å². The lowest BCUT2D eigenvalue weighted by Gasteiger charge is -2.11. The molecule has 6 heteroatoms. The second kappa shape index (κ2) is 7.27. The molecule has 0 saturated carbocycles. The Morgan fingerprint density at radius 1 is 1.12 bits per heavy atom. The summed E-state index contributed by atoms with van der Waals surface area (Å²) in [6.45, 7) is 3.10. The van der Waals surface area contributed by atoms with Crippen molar-refractivity contribution in [2.24, 2.45) is 5.16 Å². The SMILES string of the molecule is Cc1ccccc1C1=NO[C@@H](CNCc2ccc(C(F)(F)F)cc2)C1. The van der Waals surface area contributed by atoms with Gasteiger partial charge in [-0.25, -0.2) is 0 Å². The van der Waals surface area contributed by atoms with E-state index in [1.807, 2.05) is 31.2 Å². The molecule has 0 aliphatic carbocycles. The average molecular weight is 348 g/mol. The van der Waals surface area contributed by atoms with Gasteiger partial charge in [0.05, 0.1) is 11.3 Å². The lowest BCUT2D eigenvalue weighted by molar-refractivity contribution is -0.137. The quantitative estimate of drug-likeness (QED) is 0.874. The van der Waals surface area contributed by atoms with Crippen LogP contribution in [-0.4, -0.2) is 18.4 Å². The van der Waals surface area contributed by atoms with E-state index in [0.717, 1.165) is 34.5 Å². The number of hydrogen-bond acceptors (Lipinski definition) is 3. The summed E-state index contributed by atoms with van der Waals surface area (Å²) >= 11 is 0. The summed E-state index contributed by atoms with van der Waals surface area (Å²) in [7, 11) is 0. The molecule has 2 aromatic carbocycles. The molecule has 1 heterocycles. The summed E-state index contributed by atoms with van der Waals surface area (Å²) in [6.07, 6.45) is -3.65. The van der Waals surface area contributed by atoms with Crippen molar-refractivity contribution in [3.63, 3.8) is 0 Å². The maximum absolute atomic E-state index is 12.5. The topological polar surface area (TPSA) is 33.6 Å². The van der Waals surface area contributed by atoms with Crippen LogP contribution >= 0.6 is 0 Å². The molecule has 2 aromatic rings. The summed E-state index contributed by atoms with van der Waals surface area (Å²) in [5, 5.41) is 7.37. The Morgan fingerprint density at radius 2 is 1.84 bits per heavy atom. The van der Waals surface area contributed by atoms with Gasteiger partial charge in [0.25, 0.3) is 0 Å².